The van der Waals surface area contributed by atoms with Gasteiger partial charge in [-0.25, -0.2) is 4.79 Å². The molecule has 1 saturated heterocycles. The van der Waals surface area contributed by atoms with Gasteiger partial charge in [0, 0.05) is 27.7 Å². The molecule has 0 saturated carbocycles. The number of carbonyl (C=O) groups excluding carboxylic acids is 2. The number of urea groups is 1. The van der Waals surface area contributed by atoms with Crippen LogP contribution in [0, 0.1) is 0 Å². The molecule has 1 atom stereocenters. The van der Waals surface area contributed by atoms with E-state index >= 15 is 0 Å². The van der Waals surface area contributed by atoms with Crippen LogP contribution in [0.15, 0.2) is 0 Å². The fraction of sp³-hybridized carbons (Fsp3) is 0.750. The van der Waals surface area contributed by atoms with E-state index in [1.165, 1.54) is 4.90 Å². The molecule has 0 radical (unpaired) electrons. The third-order valence-corrected chi connectivity index (χ3v) is 2.40. The van der Waals surface area contributed by atoms with Crippen LogP contribution >= 0.6 is 0 Å². The summed E-state index contributed by atoms with van der Waals surface area (Å²) in [5, 5.41) is 2.49. The molecule has 5 heteroatoms. The van der Waals surface area contributed by atoms with Crippen molar-refractivity contribution in [3.8, 4) is 0 Å². The van der Waals surface area contributed by atoms with Crippen molar-refractivity contribution < 1.29 is 9.59 Å². The molecule has 0 aliphatic carbocycles. The summed E-state index contributed by atoms with van der Waals surface area (Å²) in [7, 11) is 4.95. The van der Waals surface area contributed by atoms with Crippen LogP contribution in [0.25, 0.3) is 0 Å². The second-order valence-corrected chi connectivity index (χ2v) is 3.23. The van der Waals surface area contributed by atoms with E-state index in [-0.39, 0.29) is 18.0 Å². The van der Waals surface area contributed by atoms with Crippen LogP contribution in [-0.2, 0) is 4.79 Å². The van der Waals surface area contributed by atoms with Crippen LogP contribution in [0.3, 0.4) is 0 Å². The smallest absolute Gasteiger partial charge is 0.317 e. The molecule has 13 heavy (non-hydrogen) atoms. The van der Waals surface area contributed by atoms with E-state index < -0.39 is 0 Å². The predicted molar refractivity (Wildman–Crippen MR) is 48.3 cm³/mol. The molecule has 1 fully saturated rings. The van der Waals surface area contributed by atoms with Crippen molar-refractivity contribution in [2.24, 2.45) is 0 Å². The van der Waals surface area contributed by atoms with Crippen molar-refractivity contribution in [1.82, 2.24) is 15.1 Å². The second-order valence-electron chi connectivity index (χ2n) is 3.23. The molecule has 1 aliphatic rings. The van der Waals surface area contributed by atoms with Crippen molar-refractivity contribution in [3.63, 3.8) is 0 Å². The molecule has 1 unspecified atom stereocenters. The van der Waals surface area contributed by atoms with Crippen LogP contribution in [0.1, 0.15) is 6.42 Å². The lowest BCUT2D eigenvalue weighted by molar-refractivity contribution is -0.129. The van der Waals surface area contributed by atoms with Crippen LogP contribution in [0.4, 0.5) is 4.79 Å². The van der Waals surface area contributed by atoms with Gasteiger partial charge in [-0.15, -0.1) is 0 Å². The lowest BCUT2D eigenvalue weighted by atomic mass is 10.2. The number of nitrogens with zero attached hydrogens (tertiary/aromatic N) is 2. The van der Waals surface area contributed by atoms with Crippen molar-refractivity contribution in [1.29, 1.82) is 0 Å². The minimum Gasteiger partial charge on any atom is -0.344 e. The summed E-state index contributed by atoms with van der Waals surface area (Å²) in [6.07, 6.45) is 0.721. The molecule has 0 aromatic carbocycles. The number of rotatable bonds is 1. The SMILES string of the molecule is CNC(=O)N(C)C1CCN(C)C1=O. The van der Waals surface area contributed by atoms with Crippen molar-refractivity contribution in [2.45, 2.75) is 12.5 Å². The Morgan fingerprint density at radius 3 is 2.69 bits per heavy atom. The molecule has 0 aromatic rings. The van der Waals surface area contributed by atoms with E-state index in [1.54, 1.807) is 26.0 Å². The first-order valence-electron chi connectivity index (χ1n) is 4.27. The Hall–Kier alpha value is -1.26. The molecule has 0 spiro atoms. The van der Waals surface area contributed by atoms with Gasteiger partial charge in [0.15, 0.2) is 0 Å². The summed E-state index contributed by atoms with van der Waals surface area (Å²) in [5.74, 6) is 0.0195. The number of hydrogen-bond donors (Lipinski definition) is 1. The molecule has 1 N–H and O–H groups in total. The second kappa shape index (κ2) is 3.64. The van der Waals surface area contributed by atoms with Crippen LogP contribution in [-0.4, -0.2) is 55.5 Å². The van der Waals surface area contributed by atoms with Gasteiger partial charge in [-0.3, -0.25) is 4.79 Å². The van der Waals surface area contributed by atoms with E-state index in [2.05, 4.69) is 5.32 Å². The maximum absolute atomic E-state index is 11.5. The minimum absolute atomic E-state index is 0.0195. The topological polar surface area (TPSA) is 52.7 Å². The summed E-state index contributed by atoms with van der Waals surface area (Å²) in [4.78, 5) is 25.8. The first kappa shape index (κ1) is 9.83. The van der Waals surface area contributed by atoms with Crippen LogP contribution in [0.5, 0.6) is 0 Å². The van der Waals surface area contributed by atoms with Crippen molar-refractivity contribution >= 4 is 11.9 Å². The number of carbonyl (C=O) groups is 2. The summed E-state index contributed by atoms with van der Waals surface area (Å²) < 4.78 is 0. The molecule has 5 nitrogen and oxygen atoms in total. The molecule has 3 amide bonds. The highest BCUT2D eigenvalue weighted by Crippen LogP contribution is 2.13. The molecule has 1 rings (SSSR count). The Morgan fingerprint density at radius 2 is 2.31 bits per heavy atom. The number of likely N-dealkylation sites (N-methyl/N-ethyl adjacent to an activating group) is 2. The molecule has 1 heterocycles. The van der Waals surface area contributed by atoms with Gasteiger partial charge in [0.05, 0.1) is 0 Å². The zero-order chi connectivity index (χ0) is 10.0. The maximum Gasteiger partial charge on any atom is 0.317 e. The zero-order valence-electron chi connectivity index (χ0n) is 8.20. The number of amides is 3. The largest absolute Gasteiger partial charge is 0.344 e. The predicted octanol–water partition coefficient (Wildman–Crippen LogP) is -0.512. The van der Waals surface area contributed by atoms with E-state index in [0.29, 0.717) is 0 Å². The van der Waals surface area contributed by atoms with E-state index in [0.717, 1.165) is 13.0 Å². The monoisotopic (exact) mass is 185 g/mol. The Balaban J connectivity index is 2.63. The fourth-order valence-electron chi connectivity index (χ4n) is 1.48. The summed E-state index contributed by atoms with van der Waals surface area (Å²) in [5.41, 5.74) is 0. The van der Waals surface area contributed by atoms with Gasteiger partial charge >= 0.3 is 6.03 Å². The van der Waals surface area contributed by atoms with Gasteiger partial charge in [-0.05, 0) is 6.42 Å². The lowest BCUT2D eigenvalue weighted by Crippen LogP contribution is -2.45. The van der Waals surface area contributed by atoms with Gasteiger partial charge in [0.2, 0.25) is 5.91 Å². The van der Waals surface area contributed by atoms with Crippen molar-refractivity contribution in [3.05, 3.63) is 0 Å². The number of nitrogens with one attached hydrogen (secondary N) is 1. The van der Waals surface area contributed by atoms with Crippen LogP contribution in [0.2, 0.25) is 0 Å². The van der Waals surface area contributed by atoms with Gasteiger partial charge < -0.3 is 15.1 Å². The molecule has 1 aliphatic heterocycles. The molecular weight excluding hydrogens is 170 g/mol. The molecular formula is C8H15N3O2. The molecule has 0 bridgehead atoms. The lowest BCUT2D eigenvalue weighted by Gasteiger charge is -2.22. The first-order valence-corrected chi connectivity index (χ1v) is 4.27. The number of likely N-dealkylation sites (tertiary alicyclic amines) is 1. The van der Waals surface area contributed by atoms with Gasteiger partial charge in [0.25, 0.3) is 0 Å². The Labute approximate surface area is 77.7 Å². The van der Waals surface area contributed by atoms with E-state index in [4.69, 9.17) is 0 Å². The Bertz CT molecular complexity index is 229. The minimum atomic E-state index is -0.287. The summed E-state index contributed by atoms with van der Waals surface area (Å²) in [6.45, 7) is 0.727. The average molecular weight is 185 g/mol. The highest BCUT2D eigenvalue weighted by molar-refractivity contribution is 5.88. The summed E-state index contributed by atoms with van der Waals surface area (Å²) >= 11 is 0. The summed E-state index contributed by atoms with van der Waals surface area (Å²) in [6, 6.07) is -0.501. The first-order chi connectivity index (χ1) is 6.07. The number of hydrogen-bond acceptors (Lipinski definition) is 2. The highest BCUT2D eigenvalue weighted by Gasteiger charge is 2.33. The molecule has 0 aromatic heterocycles. The highest BCUT2D eigenvalue weighted by atomic mass is 16.2. The zero-order valence-corrected chi connectivity index (χ0v) is 8.20. The van der Waals surface area contributed by atoms with Crippen LogP contribution < -0.4 is 5.32 Å². The third kappa shape index (κ3) is 1.74. The average Bonchev–Trinajstić information content (AvgIpc) is 2.45. The Kier molecular flexibility index (Phi) is 2.75. The van der Waals surface area contributed by atoms with E-state index in [1.807, 2.05) is 0 Å². The van der Waals surface area contributed by atoms with E-state index in [9.17, 15) is 9.59 Å². The fourth-order valence-corrected chi connectivity index (χ4v) is 1.48. The van der Waals surface area contributed by atoms with Gasteiger partial charge in [0.1, 0.15) is 6.04 Å². The third-order valence-electron chi connectivity index (χ3n) is 2.40. The maximum atomic E-state index is 11.5. The van der Waals surface area contributed by atoms with Gasteiger partial charge in [-0.2, -0.15) is 0 Å². The van der Waals surface area contributed by atoms with Crippen molar-refractivity contribution in [2.75, 3.05) is 27.7 Å². The molecule has 74 valence electrons. The quantitative estimate of drug-likeness (QED) is 0.598. The Morgan fingerprint density at radius 1 is 1.69 bits per heavy atom. The van der Waals surface area contributed by atoms with Gasteiger partial charge in [-0.1, -0.05) is 0 Å². The normalized spacial score (nSPS) is 21.9. The standard InChI is InChI=1S/C8H15N3O2/c1-9-8(13)11(3)6-4-5-10(2)7(6)12/h6H,4-5H2,1-3H3,(H,9,13).